The van der Waals surface area contributed by atoms with Crippen LogP contribution in [0.2, 0.25) is 0 Å². The Balaban J connectivity index is 2.59. The molecule has 5 heteroatoms. The first-order valence-corrected chi connectivity index (χ1v) is 5.93. The first-order chi connectivity index (χ1) is 6.66. The smallest absolute Gasteiger partial charge is 0.160 e. The van der Waals surface area contributed by atoms with Crippen molar-refractivity contribution in [3.8, 4) is 11.3 Å². The van der Waals surface area contributed by atoms with Gasteiger partial charge in [-0.05, 0) is 24.4 Å². The molecule has 72 valence electrons. The fourth-order valence-electron chi connectivity index (χ4n) is 1.20. The van der Waals surface area contributed by atoms with Crippen LogP contribution >= 0.6 is 39.5 Å². The minimum atomic E-state index is 0.706. The number of halogens is 1. The number of benzene rings is 1. The summed E-state index contributed by atoms with van der Waals surface area (Å²) in [6, 6.07) is 7.94. The van der Waals surface area contributed by atoms with Crippen LogP contribution in [0.15, 0.2) is 28.7 Å². The molecule has 2 nitrogen and oxygen atoms in total. The molecule has 3 N–H and O–H groups in total. The van der Waals surface area contributed by atoms with E-state index < -0.39 is 0 Å². The first kappa shape index (κ1) is 9.89. The highest BCUT2D eigenvalue weighted by Gasteiger charge is 2.05. The monoisotopic (exact) mass is 286 g/mol. The molecule has 0 aliphatic heterocycles. The molecule has 0 aliphatic rings. The van der Waals surface area contributed by atoms with Crippen molar-refractivity contribution in [1.29, 1.82) is 0 Å². The van der Waals surface area contributed by atoms with Crippen molar-refractivity contribution in [2.75, 3.05) is 5.73 Å². The van der Waals surface area contributed by atoms with Crippen LogP contribution in [0.1, 0.15) is 0 Å². The van der Waals surface area contributed by atoms with Crippen LogP contribution in [-0.4, -0.2) is 4.98 Å². The third-order valence-electron chi connectivity index (χ3n) is 1.79. The summed E-state index contributed by atoms with van der Waals surface area (Å²) in [4.78, 5) is 3.08. The van der Waals surface area contributed by atoms with E-state index in [9.17, 15) is 0 Å². The molecule has 0 amide bonds. The van der Waals surface area contributed by atoms with Crippen molar-refractivity contribution in [3.05, 3.63) is 32.7 Å². The minimum Gasteiger partial charge on any atom is -0.389 e. The summed E-state index contributed by atoms with van der Waals surface area (Å²) in [6.07, 6.45) is 0. The third-order valence-corrected chi connectivity index (χ3v) is 3.35. The van der Waals surface area contributed by atoms with Gasteiger partial charge in [-0.2, -0.15) is 0 Å². The number of rotatable bonds is 1. The van der Waals surface area contributed by atoms with E-state index in [0.29, 0.717) is 3.95 Å². The zero-order valence-corrected chi connectivity index (χ0v) is 10.3. The van der Waals surface area contributed by atoms with Gasteiger partial charge >= 0.3 is 0 Å². The Hall–Kier alpha value is -0.650. The highest BCUT2D eigenvalue weighted by Crippen LogP contribution is 2.29. The standard InChI is InChI=1S/C9H7BrN2S2/c10-6-3-1-2-5(4-6)7-8(11)14-9(13)12-7/h1-4H,11H2,(H,12,13). The van der Waals surface area contributed by atoms with Crippen molar-refractivity contribution in [3.63, 3.8) is 0 Å². The van der Waals surface area contributed by atoms with Crippen LogP contribution in [0.5, 0.6) is 0 Å². The van der Waals surface area contributed by atoms with Gasteiger partial charge in [-0.1, -0.05) is 39.4 Å². The molecule has 1 aromatic heterocycles. The highest BCUT2D eigenvalue weighted by atomic mass is 79.9. The van der Waals surface area contributed by atoms with Gasteiger partial charge in [0.2, 0.25) is 0 Å². The number of anilines is 1. The summed E-state index contributed by atoms with van der Waals surface area (Å²) in [5.41, 5.74) is 7.78. The minimum absolute atomic E-state index is 0.706. The fraction of sp³-hybridized carbons (Fsp3) is 0. The molecule has 0 saturated carbocycles. The maximum Gasteiger partial charge on any atom is 0.160 e. The lowest BCUT2D eigenvalue weighted by Crippen LogP contribution is -1.85. The summed E-state index contributed by atoms with van der Waals surface area (Å²) < 4.78 is 1.73. The van der Waals surface area contributed by atoms with E-state index in [1.165, 1.54) is 11.3 Å². The predicted octanol–water partition coefficient (Wildman–Crippen LogP) is 3.82. The number of nitrogens with two attached hydrogens (primary N) is 1. The molecule has 0 saturated heterocycles. The number of H-pyrrole nitrogens is 1. The van der Waals surface area contributed by atoms with Crippen LogP contribution in [0.25, 0.3) is 11.3 Å². The SMILES string of the molecule is Nc1sc(=S)[nH]c1-c1cccc(Br)c1. The number of hydrogen-bond acceptors (Lipinski definition) is 3. The van der Waals surface area contributed by atoms with Crippen molar-refractivity contribution in [2.45, 2.75) is 0 Å². The van der Waals surface area contributed by atoms with Crippen molar-refractivity contribution >= 4 is 44.5 Å². The lowest BCUT2D eigenvalue weighted by molar-refractivity contribution is 1.39. The fourth-order valence-corrected chi connectivity index (χ4v) is 2.59. The van der Waals surface area contributed by atoms with Crippen LogP contribution < -0.4 is 5.73 Å². The molecule has 0 aliphatic carbocycles. The molecule has 1 heterocycles. The normalized spacial score (nSPS) is 10.4. The average molecular weight is 287 g/mol. The van der Waals surface area contributed by atoms with Crippen LogP contribution in [0, 0.1) is 3.95 Å². The summed E-state index contributed by atoms with van der Waals surface area (Å²) in [5.74, 6) is 0. The molecule has 0 radical (unpaired) electrons. The van der Waals surface area contributed by atoms with Crippen LogP contribution in [0.3, 0.4) is 0 Å². The Labute approximate surface area is 98.9 Å². The van der Waals surface area contributed by atoms with E-state index in [2.05, 4.69) is 20.9 Å². The second kappa shape index (κ2) is 3.84. The van der Waals surface area contributed by atoms with E-state index >= 15 is 0 Å². The van der Waals surface area contributed by atoms with Gasteiger partial charge < -0.3 is 10.7 Å². The van der Waals surface area contributed by atoms with Gasteiger partial charge in [-0.15, -0.1) is 0 Å². The van der Waals surface area contributed by atoms with Gasteiger partial charge in [0, 0.05) is 10.0 Å². The van der Waals surface area contributed by atoms with E-state index in [4.69, 9.17) is 18.0 Å². The molecule has 0 spiro atoms. The van der Waals surface area contributed by atoms with Gasteiger partial charge in [-0.3, -0.25) is 0 Å². The molecule has 0 fully saturated rings. The van der Waals surface area contributed by atoms with E-state index in [-0.39, 0.29) is 0 Å². The number of hydrogen-bond donors (Lipinski definition) is 2. The summed E-state index contributed by atoms with van der Waals surface area (Å²) >= 11 is 9.83. The Kier molecular flexibility index (Phi) is 2.71. The Bertz CT molecular complexity index is 516. The number of nitrogens with one attached hydrogen (secondary N) is 1. The topological polar surface area (TPSA) is 41.8 Å². The van der Waals surface area contributed by atoms with Gasteiger partial charge in [0.25, 0.3) is 0 Å². The maximum atomic E-state index is 5.83. The molecular weight excluding hydrogens is 280 g/mol. The first-order valence-electron chi connectivity index (χ1n) is 3.91. The lowest BCUT2D eigenvalue weighted by Gasteiger charge is -1.99. The number of aromatic amines is 1. The predicted molar refractivity (Wildman–Crippen MR) is 67.1 cm³/mol. The van der Waals surface area contributed by atoms with Gasteiger partial charge in [0.15, 0.2) is 3.95 Å². The molecule has 1 aromatic carbocycles. The van der Waals surface area contributed by atoms with Gasteiger partial charge in [0.05, 0.1) is 5.69 Å². The Morgan fingerprint density at radius 2 is 2.21 bits per heavy atom. The van der Waals surface area contributed by atoms with E-state index in [0.717, 1.165) is 20.7 Å². The van der Waals surface area contributed by atoms with Crippen LogP contribution in [-0.2, 0) is 0 Å². The zero-order valence-electron chi connectivity index (χ0n) is 7.08. The van der Waals surface area contributed by atoms with E-state index in [1.807, 2.05) is 24.3 Å². The van der Waals surface area contributed by atoms with E-state index in [1.54, 1.807) is 0 Å². The lowest BCUT2D eigenvalue weighted by atomic mass is 10.2. The zero-order chi connectivity index (χ0) is 10.1. The Morgan fingerprint density at radius 1 is 1.43 bits per heavy atom. The molecular formula is C9H7BrN2S2. The maximum absolute atomic E-state index is 5.83. The molecule has 2 aromatic rings. The van der Waals surface area contributed by atoms with Crippen molar-refractivity contribution < 1.29 is 0 Å². The molecule has 0 atom stereocenters. The second-order valence-corrected chi connectivity index (χ2v) is 5.40. The second-order valence-electron chi connectivity index (χ2n) is 2.76. The molecule has 0 unspecified atom stereocenters. The van der Waals surface area contributed by atoms with Gasteiger partial charge in [0.1, 0.15) is 5.00 Å². The quantitative estimate of drug-likeness (QED) is 0.783. The largest absolute Gasteiger partial charge is 0.389 e. The number of thiazole rings is 1. The third kappa shape index (κ3) is 1.89. The van der Waals surface area contributed by atoms with Crippen LogP contribution in [0.4, 0.5) is 5.00 Å². The number of aromatic nitrogens is 1. The van der Waals surface area contributed by atoms with Crippen molar-refractivity contribution in [1.82, 2.24) is 4.98 Å². The highest BCUT2D eigenvalue weighted by molar-refractivity contribution is 9.10. The summed E-state index contributed by atoms with van der Waals surface area (Å²) in [6.45, 7) is 0. The molecule has 2 rings (SSSR count). The van der Waals surface area contributed by atoms with Crippen molar-refractivity contribution in [2.24, 2.45) is 0 Å². The Morgan fingerprint density at radius 3 is 2.79 bits per heavy atom. The number of nitrogen functional groups attached to an aromatic ring is 1. The molecule has 0 bridgehead atoms. The van der Waals surface area contributed by atoms with Gasteiger partial charge in [-0.25, -0.2) is 0 Å². The summed E-state index contributed by atoms with van der Waals surface area (Å²) in [5, 5.41) is 0.730. The molecule has 14 heavy (non-hydrogen) atoms. The average Bonchev–Trinajstić information content (AvgIpc) is 2.45. The summed E-state index contributed by atoms with van der Waals surface area (Å²) in [7, 11) is 0.